The molecule has 1 saturated heterocycles. The lowest BCUT2D eigenvalue weighted by Crippen LogP contribution is -2.59. The van der Waals surface area contributed by atoms with Crippen LogP contribution in [-0.4, -0.2) is 40.2 Å². The summed E-state index contributed by atoms with van der Waals surface area (Å²) < 4.78 is 6.89. The topological polar surface area (TPSA) is 80.6 Å². The van der Waals surface area contributed by atoms with E-state index in [1.54, 1.807) is 17.0 Å². The molecule has 7 nitrogen and oxygen atoms in total. The molecule has 1 unspecified atom stereocenters. The Kier molecular flexibility index (Phi) is 3.46. The molecule has 3 rings (SSSR count). The lowest BCUT2D eigenvalue weighted by Gasteiger charge is -2.41. The van der Waals surface area contributed by atoms with Crippen LogP contribution in [0, 0.1) is 0 Å². The van der Waals surface area contributed by atoms with Gasteiger partial charge < -0.3 is 15.0 Å². The summed E-state index contributed by atoms with van der Waals surface area (Å²) in [5.74, 6) is -0.284. The van der Waals surface area contributed by atoms with Crippen LogP contribution in [0.4, 0.5) is 4.79 Å². The number of nitrogens with zero attached hydrogens (tertiary/aromatic N) is 2. The van der Waals surface area contributed by atoms with E-state index in [1.807, 2.05) is 20.8 Å². The number of carbonyl (C=O) groups is 2. The number of fused-ring (bicyclic) bond motifs is 2. The fraction of sp³-hybridized carbons (Fsp3) is 0.562. The molecule has 2 aliphatic rings. The summed E-state index contributed by atoms with van der Waals surface area (Å²) in [5, 5.41) is 2.90. The van der Waals surface area contributed by atoms with Gasteiger partial charge in [0.2, 0.25) is 0 Å². The fourth-order valence-corrected chi connectivity index (χ4v) is 3.24. The smallest absolute Gasteiger partial charge is 0.410 e. The number of piperidine rings is 1. The quantitative estimate of drug-likeness (QED) is 0.781. The predicted molar refractivity (Wildman–Crippen MR) is 83.2 cm³/mol. The van der Waals surface area contributed by atoms with E-state index in [2.05, 4.69) is 5.32 Å². The summed E-state index contributed by atoms with van der Waals surface area (Å²) in [5.41, 5.74) is -1.37. The van der Waals surface area contributed by atoms with Crippen molar-refractivity contribution in [3.05, 3.63) is 34.2 Å². The zero-order valence-corrected chi connectivity index (χ0v) is 13.6. The number of rotatable bonds is 0. The normalized spacial score (nSPS) is 23.6. The van der Waals surface area contributed by atoms with Gasteiger partial charge in [-0.25, -0.2) is 4.79 Å². The molecular weight excluding hydrogens is 298 g/mol. The summed E-state index contributed by atoms with van der Waals surface area (Å²) in [6.45, 7) is 6.19. The molecule has 1 atom stereocenters. The third-order valence-corrected chi connectivity index (χ3v) is 4.08. The monoisotopic (exact) mass is 319 g/mol. The van der Waals surface area contributed by atoms with Crippen LogP contribution < -0.4 is 10.9 Å². The van der Waals surface area contributed by atoms with E-state index < -0.39 is 17.4 Å². The zero-order chi connectivity index (χ0) is 16.8. The first kappa shape index (κ1) is 15.6. The van der Waals surface area contributed by atoms with Crippen LogP contribution in [0.15, 0.2) is 23.0 Å². The van der Waals surface area contributed by atoms with Crippen molar-refractivity contribution in [1.29, 1.82) is 0 Å². The van der Waals surface area contributed by atoms with Crippen LogP contribution in [0.25, 0.3) is 0 Å². The Bertz CT molecular complexity index is 719. The highest BCUT2D eigenvalue weighted by Gasteiger charge is 2.47. The van der Waals surface area contributed by atoms with Crippen molar-refractivity contribution in [3.63, 3.8) is 0 Å². The summed E-state index contributed by atoms with van der Waals surface area (Å²) in [7, 11) is 0. The number of carbonyl (C=O) groups excluding carboxylic acids is 2. The molecule has 0 bridgehead atoms. The Morgan fingerprint density at radius 3 is 2.74 bits per heavy atom. The zero-order valence-electron chi connectivity index (χ0n) is 13.6. The first-order valence-electron chi connectivity index (χ1n) is 7.75. The maximum atomic E-state index is 12.3. The average Bonchev–Trinajstić information content (AvgIpc) is 2.71. The predicted octanol–water partition coefficient (Wildman–Crippen LogP) is 1.28. The van der Waals surface area contributed by atoms with Crippen LogP contribution in [0.5, 0.6) is 0 Å². The molecule has 2 amide bonds. The Hall–Kier alpha value is -2.31. The third kappa shape index (κ3) is 2.71. The second kappa shape index (κ2) is 5.11. The van der Waals surface area contributed by atoms with Crippen LogP contribution in [0.1, 0.15) is 44.1 Å². The Labute approximate surface area is 134 Å². The van der Waals surface area contributed by atoms with E-state index in [9.17, 15) is 14.4 Å². The van der Waals surface area contributed by atoms with Gasteiger partial charge in [-0.05, 0) is 39.7 Å². The summed E-state index contributed by atoms with van der Waals surface area (Å²) in [6, 6.07) is 4.62. The minimum atomic E-state index is -0.875. The van der Waals surface area contributed by atoms with Gasteiger partial charge in [-0.3, -0.25) is 14.2 Å². The van der Waals surface area contributed by atoms with E-state index in [0.717, 1.165) is 0 Å². The lowest BCUT2D eigenvalue weighted by atomic mass is 9.98. The van der Waals surface area contributed by atoms with Gasteiger partial charge in [0.05, 0.1) is 6.54 Å². The van der Waals surface area contributed by atoms with Crippen molar-refractivity contribution in [2.45, 2.75) is 44.9 Å². The number of hydrogen-bond donors (Lipinski definition) is 1. The second-order valence-corrected chi connectivity index (χ2v) is 7.08. The molecule has 1 aromatic rings. The molecule has 0 aliphatic carbocycles. The minimum absolute atomic E-state index is 0.227. The fourth-order valence-electron chi connectivity index (χ4n) is 3.24. The highest BCUT2D eigenvalue weighted by molar-refractivity contribution is 5.95. The SMILES string of the molecule is CC(C)(C)OC(=O)N1CCCC2(C1)NC(=O)c1cccc(=O)n12. The number of amides is 2. The van der Waals surface area contributed by atoms with Crippen LogP contribution in [0.3, 0.4) is 0 Å². The Balaban J connectivity index is 1.92. The molecule has 7 heteroatoms. The Morgan fingerprint density at radius 2 is 2.04 bits per heavy atom. The molecule has 0 radical (unpaired) electrons. The van der Waals surface area contributed by atoms with Gasteiger partial charge in [-0.2, -0.15) is 0 Å². The number of hydrogen-bond acceptors (Lipinski definition) is 4. The van der Waals surface area contributed by atoms with Gasteiger partial charge in [0.1, 0.15) is 17.0 Å². The molecule has 2 aliphatic heterocycles. The maximum Gasteiger partial charge on any atom is 0.410 e. The van der Waals surface area contributed by atoms with E-state index in [1.165, 1.54) is 10.6 Å². The molecule has 23 heavy (non-hydrogen) atoms. The standard InChI is InChI=1S/C16H21N3O4/c1-15(2,3)23-14(22)18-9-5-8-16(10-18)17-13(21)11-6-4-7-12(20)19(11)16/h4,6-7H,5,8-10H2,1-3H3,(H,17,21). The number of aromatic nitrogens is 1. The first-order valence-corrected chi connectivity index (χ1v) is 7.75. The van der Waals surface area contributed by atoms with Crippen molar-refractivity contribution >= 4 is 12.0 Å². The summed E-state index contributed by atoms with van der Waals surface area (Å²) in [6.07, 6.45) is 0.859. The van der Waals surface area contributed by atoms with Crippen molar-refractivity contribution in [2.75, 3.05) is 13.1 Å². The first-order chi connectivity index (χ1) is 10.7. The van der Waals surface area contributed by atoms with Gasteiger partial charge in [0.15, 0.2) is 0 Å². The Morgan fingerprint density at radius 1 is 1.30 bits per heavy atom. The molecule has 1 fully saturated rings. The van der Waals surface area contributed by atoms with E-state index in [0.29, 0.717) is 25.1 Å². The van der Waals surface area contributed by atoms with Crippen molar-refractivity contribution in [1.82, 2.24) is 14.8 Å². The molecule has 124 valence electrons. The van der Waals surface area contributed by atoms with Crippen LogP contribution >= 0.6 is 0 Å². The molecule has 0 aromatic carbocycles. The highest BCUT2D eigenvalue weighted by atomic mass is 16.6. The van der Waals surface area contributed by atoms with Gasteiger partial charge >= 0.3 is 6.09 Å². The van der Waals surface area contributed by atoms with Gasteiger partial charge in [0.25, 0.3) is 11.5 Å². The van der Waals surface area contributed by atoms with Gasteiger partial charge in [-0.1, -0.05) is 6.07 Å². The molecule has 3 heterocycles. The van der Waals surface area contributed by atoms with Crippen LogP contribution in [0.2, 0.25) is 0 Å². The van der Waals surface area contributed by atoms with Crippen molar-refractivity contribution < 1.29 is 14.3 Å². The maximum absolute atomic E-state index is 12.3. The second-order valence-electron chi connectivity index (χ2n) is 7.08. The van der Waals surface area contributed by atoms with E-state index >= 15 is 0 Å². The number of nitrogens with one attached hydrogen (secondary N) is 1. The molecule has 1 spiro atoms. The number of pyridine rings is 1. The summed E-state index contributed by atoms with van der Waals surface area (Å²) >= 11 is 0. The van der Waals surface area contributed by atoms with Crippen molar-refractivity contribution in [3.8, 4) is 0 Å². The summed E-state index contributed by atoms with van der Waals surface area (Å²) in [4.78, 5) is 38.4. The van der Waals surface area contributed by atoms with E-state index in [-0.39, 0.29) is 18.0 Å². The largest absolute Gasteiger partial charge is 0.444 e. The average molecular weight is 319 g/mol. The van der Waals surface area contributed by atoms with Crippen molar-refractivity contribution in [2.24, 2.45) is 0 Å². The minimum Gasteiger partial charge on any atom is -0.444 e. The number of ether oxygens (including phenoxy) is 1. The van der Waals surface area contributed by atoms with Gasteiger partial charge in [-0.15, -0.1) is 0 Å². The third-order valence-electron chi connectivity index (χ3n) is 4.08. The van der Waals surface area contributed by atoms with Gasteiger partial charge in [0, 0.05) is 12.6 Å². The molecule has 1 N–H and O–H groups in total. The van der Waals surface area contributed by atoms with E-state index in [4.69, 9.17) is 4.74 Å². The molecular formula is C16H21N3O4. The number of likely N-dealkylation sites (tertiary alicyclic amines) is 1. The van der Waals surface area contributed by atoms with Crippen LogP contribution in [-0.2, 0) is 10.4 Å². The lowest BCUT2D eigenvalue weighted by molar-refractivity contribution is 0.00291. The highest BCUT2D eigenvalue weighted by Crippen LogP contribution is 2.31. The molecule has 0 saturated carbocycles. The molecule has 1 aromatic heterocycles.